The van der Waals surface area contributed by atoms with E-state index in [0.29, 0.717) is 22.6 Å². The first-order valence-corrected chi connectivity index (χ1v) is 7.31. The second-order valence-corrected chi connectivity index (χ2v) is 5.23. The molecule has 0 fully saturated rings. The largest absolute Gasteiger partial charge is 0.453 e. The molecule has 6 nitrogen and oxygen atoms in total. The number of benzene rings is 2. The van der Waals surface area contributed by atoms with Gasteiger partial charge in [-0.15, -0.1) is 0 Å². The first kappa shape index (κ1) is 16.4. The van der Waals surface area contributed by atoms with Crippen LogP contribution in [0.3, 0.4) is 0 Å². The Balaban J connectivity index is 1.84. The molecule has 3 aromatic rings. The lowest BCUT2D eigenvalue weighted by Gasteiger charge is -2.09. The molecule has 3 rings (SSSR count). The maximum atomic E-state index is 13.8. The number of aromatic amines is 1. The van der Waals surface area contributed by atoms with Gasteiger partial charge in [-0.3, -0.25) is 5.10 Å². The average Bonchev–Trinajstić information content (AvgIpc) is 3.01. The molecule has 0 unspecified atom stereocenters. The zero-order valence-corrected chi connectivity index (χ0v) is 12.9. The molecule has 0 aliphatic rings. The van der Waals surface area contributed by atoms with E-state index < -0.39 is 11.8 Å². The van der Waals surface area contributed by atoms with Gasteiger partial charge >= 0.3 is 6.03 Å². The van der Waals surface area contributed by atoms with Gasteiger partial charge in [0.15, 0.2) is 5.75 Å². The van der Waals surface area contributed by atoms with Gasteiger partial charge in [-0.1, -0.05) is 0 Å². The molecule has 25 heavy (non-hydrogen) atoms. The molecule has 8 heteroatoms. The highest BCUT2D eigenvalue weighted by Crippen LogP contribution is 2.32. The SMILES string of the molecule is NC(=O)NCc1cc(F)cc(Oc2cn[nH]c2-c2ccc(F)cc2)c1. The quantitative estimate of drug-likeness (QED) is 0.663. The van der Waals surface area contributed by atoms with Gasteiger partial charge in [-0.2, -0.15) is 5.10 Å². The summed E-state index contributed by atoms with van der Waals surface area (Å²) in [7, 11) is 0. The summed E-state index contributed by atoms with van der Waals surface area (Å²) in [6.45, 7) is 0.0691. The Bertz CT molecular complexity index is 894. The van der Waals surface area contributed by atoms with Crippen LogP contribution >= 0.6 is 0 Å². The fraction of sp³-hybridized carbons (Fsp3) is 0.0588. The van der Waals surface area contributed by atoms with Crippen LogP contribution in [0.5, 0.6) is 11.5 Å². The Morgan fingerprint density at radius 1 is 1.16 bits per heavy atom. The van der Waals surface area contributed by atoms with E-state index in [2.05, 4.69) is 15.5 Å². The predicted octanol–water partition coefficient (Wildman–Crippen LogP) is 3.32. The molecule has 2 amide bonds. The lowest BCUT2D eigenvalue weighted by molar-refractivity contribution is 0.248. The fourth-order valence-electron chi connectivity index (χ4n) is 2.27. The van der Waals surface area contributed by atoms with E-state index in [4.69, 9.17) is 10.5 Å². The molecule has 2 aromatic carbocycles. The molecule has 0 aliphatic heterocycles. The number of rotatable bonds is 5. The van der Waals surface area contributed by atoms with Gasteiger partial charge in [0.25, 0.3) is 0 Å². The minimum absolute atomic E-state index is 0.0691. The van der Waals surface area contributed by atoms with Crippen molar-refractivity contribution in [3.8, 4) is 22.8 Å². The summed E-state index contributed by atoms with van der Waals surface area (Å²) in [5.41, 5.74) is 6.69. The Hall–Kier alpha value is -3.42. The topological polar surface area (TPSA) is 93.0 Å². The summed E-state index contributed by atoms with van der Waals surface area (Å²) in [6, 6.07) is 9.10. The Morgan fingerprint density at radius 2 is 1.92 bits per heavy atom. The van der Waals surface area contributed by atoms with Crippen molar-refractivity contribution in [2.75, 3.05) is 0 Å². The van der Waals surface area contributed by atoms with Crippen molar-refractivity contribution in [2.24, 2.45) is 5.73 Å². The highest BCUT2D eigenvalue weighted by Gasteiger charge is 2.12. The van der Waals surface area contributed by atoms with Crippen LogP contribution in [-0.2, 0) is 6.54 Å². The molecule has 4 N–H and O–H groups in total. The smallest absolute Gasteiger partial charge is 0.312 e. The summed E-state index contributed by atoms with van der Waals surface area (Å²) in [5, 5.41) is 9.06. The van der Waals surface area contributed by atoms with Gasteiger partial charge in [0.1, 0.15) is 23.1 Å². The Labute approximate surface area is 141 Å². The van der Waals surface area contributed by atoms with Gasteiger partial charge in [0.05, 0.1) is 6.20 Å². The molecule has 0 saturated carbocycles. The van der Waals surface area contributed by atoms with E-state index in [9.17, 15) is 13.6 Å². The van der Waals surface area contributed by atoms with Gasteiger partial charge in [0, 0.05) is 18.2 Å². The zero-order valence-electron chi connectivity index (χ0n) is 12.9. The van der Waals surface area contributed by atoms with Crippen LogP contribution in [0.25, 0.3) is 11.3 Å². The third-order valence-electron chi connectivity index (χ3n) is 3.36. The second-order valence-electron chi connectivity index (χ2n) is 5.23. The van der Waals surface area contributed by atoms with Crippen molar-refractivity contribution >= 4 is 6.03 Å². The summed E-state index contributed by atoms with van der Waals surface area (Å²) in [6.07, 6.45) is 1.44. The van der Waals surface area contributed by atoms with Crippen LogP contribution in [0.4, 0.5) is 13.6 Å². The molecule has 0 bridgehead atoms. The second kappa shape index (κ2) is 7.00. The maximum absolute atomic E-state index is 13.8. The van der Waals surface area contributed by atoms with Crippen LogP contribution in [-0.4, -0.2) is 16.2 Å². The normalized spacial score (nSPS) is 10.5. The number of primary amides is 1. The van der Waals surface area contributed by atoms with Crippen molar-refractivity contribution in [3.05, 3.63) is 65.9 Å². The Morgan fingerprint density at radius 3 is 2.64 bits per heavy atom. The molecule has 128 valence electrons. The number of halogens is 2. The number of hydrogen-bond donors (Lipinski definition) is 3. The number of nitrogens with one attached hydrogen (secondary N) is 2. The molecule has 0 radical (unpaired) electrons. The van der Waals surface area contributed by atoms with Crippen LogP contribution in [0.15, 0.2) is 48.7 Å². The minimum atomic E-state index is -0.708. The monoisotopic (exact) mass is 344 g/mol. The van der Waals surface area contributed by atoms with Crippen molar-refractivity contribution in [2.45, 2.75) is 6.54 Å². The molecule has 0 saturated heterocycles. The number of nitrogens with zero attached hydrogens (tertiary/aromatic N) is 1. The van der Waals surface area contributed by atoms with E-state index in [0.717, 1.165) is 0 Å². The maximum Gasteiger partial charge on any atom is 0.312 e. The number of aromatic nitrogens is 2. The predicted molar refractivity (Wildman–Crippen MR) is 86.9 cm³/mol. The first-order chi connectivity index (χ1) is 12.0. The highest BCUT2D eigenvalue weighted by molar-refractivity contribution is 5.71. The lowest BCUT2D eigenvalue weighted by atomic mass is 10.1. The minimum Gasteiger partial charge on any atom is -0.453 e. The number of H-pyrrole nitrogens is 1. The molecule has 0 aliphatic carbocycles. The van der Waals surface area contributed by atoms with E-state index in [-0.39, 0.29) is 18.1 Å². The Kier molecular flexibility index (Phi) is 4.60. The van der Waals surface area contributed by atoms with Gasteiger partial charge < -0.3 is 15.8 Å². The number of urea groups is 1. The average molecular weight is 344 g/mol. The van der Waals surface area contributed by atoms with Gasteiger partial charge in [-0.05, 0) is 42.0 Å². The summed E-state index contributed by atoms with van der Waals surface area (Å²) < 4.78 is 32.5. The standard InChI is InChI=1S/C17H14F2N4O2/c18-12-3-1-11(2-4-12)16-15(9-22-23-16)25-14-6-10(5-13(19)7-14)8-21-17(20)24/h1-7,9H,8H2,(H,22,23)(H3,20,21,24). The van der Waals surface area contributed by atoms with Crippen molar-refractivity contribution < 1.29 is 18.3 Å². The van der Waals surface area contributed by atoms with E-state index in [1.807, 2.05) is 0 Å². The molecule has 1 heterocycles. The third kappa shape index (κ3) is 4.11. The fourth-order valence-corrected chi connectivity index (χ4v) is 2.27. The first-order valence-electron chi connectivity index (χ1n) is 7.31. The van der Waals surface area contributed by atoms with Crippen LogP contribution in [0, 0.1) is 11.6 Å². The number of carbonyl (C=O) groups excluding carboxylic acids is 1. The number of amides is 2. The summed E-state index contributed by atoms with van der Waals surface area (Å²) in [4.78, 5) is 10.8. The van der Waals surface area contributed by atoms with Crippen molar-refractivity contribution in [1.82, 2.24) is 15.5 Å². The number of nitrogens with two attached hydrogens (primary N) is 1. The van der Waals surface area contributed by atoms with Crippen LogP contribution < -0.4 is 15.8 Å². The van der Waals surface area contributed by atoms with E-state index in [1.165, 1.54) is 30.5 Å². The summed E-state index contributed by atoms with van der Waals surface area (Å²) >= 11 is 0. The summed E-state index contributed by atoms with van der Waals surface area (Å²) in [5.74, 6) is -0.301. The number of hydrogen-bond acceptors (Lipinski definition) is 3. The number of carbonyl (C=O) groups is 1. The van der Waals surface area contributed by atoms with Gasteiger partial charge in [0.2, 0.25) is 0 Å². The number of ether oxygens (including phenoxy) is 1. The molecular formula is C17H14F2N4O2. The molecule has 0 atom stereocenters. The molecular weight excluding hydrogens is 330 g/mol. The van der Waals surface area contributed by atoms with Gasteiger partial charge in [-0.25, -0.2) is 13.6 Å². The lowest BCUT2D eigenvalue weighted by Crippen LogP contribution is -2.28. The highest BCUT2D eigenvalue weighted by atomic mass is 19.1. The van der Waals surface area contributed by atoms with Crippen LogP contribution in [0.1, 0.15) is 5.56 Å². The van der Waals surface area contributed by atoms with Crippen LogP contribution in [0.2, 0.25) is 0 Å². The van der Waals surface area contributed by atoms with Crippen molar-refractivity contribution in [1.29, 1.82) is 0 Å². The van der Waals surface area contributed by atoms with E-state index >= 15 is 0 Å². The third-order valence-corrected chi connectivity index (χ3v) is 3.36. The van der Waals surface area contributed by atoms with E-state index in [1.54, 1.807) is 18.2 Å². The molecule has 1 aromatic heterocycles. The van der Waals surface area contributed by atoms with Crippen molar-refractivity contribution in [3.63, 3.8) is 0 Å². The molecule has 0 spiro atoms. The zero-order chi connectivity index (χ0) is 17.8.